The van der Waals surface area contributed by atoms with Crippen molar-refractivity contribution in [3.05, 3.63) is 0 Å². The van der Waals surface area contributed by atoms with Crippen LogP contribution in [0.3, 0.4) is 0 Å². The maximum absolute atomic E-state index is 10.9. The van der Waals surface area contributed by atoms with E-state index in [9.17, 15) is 9.59 Å². The van der Waals surface area contributed by atoms with Gasteiger partial charge in [0.2, 0.25) is 0 Å². The van der Waals surface area contributed by atoms with Crippen molar-refractivity contribution in [3.8, 4) is 0 Å². The molecule has 0 unspecified atom stereocenters. The molecule has 0 aromatic rings. The Morgan fingerprint density at radius 3 is 2.08 bits per heavy atom. The number of halogens is 2. The van der Waals surface area contributed by atoms with Crippen LogP contribution in [0.25, 0.3) is 0 Å². The number of urea groups is 1. The second-order valence-electron chi connectivity index (χ2n) is 2.19. The zero-order chi connectivity index (χ0) is 9.94. The number of nitrogens with one attached hydrogen (secondary N) is 1. The molecule has 0 saturated heterocycles. The molecule has 0 atom stereocenters. The Labute approximate surface area is 86.4 Å². The summed E-state index contributed by atoms with van der Waals surface area (Å²) in [6, 6.07) is -0.600. The topological polar surface area (TPSA) is 69.6 Å². The van der Waals surface area contributed by atoms with Gasteiger partial charge in [0.05, 0.1) is 0 Å². The zero-order valence-corrected chi connectivity index (χ0v) is 9.64. The van der Waals surface area contributed by atoms with E-state index in [4.69, 9.17) is 5.11 Å². The van der Waals surface area contributed by atoms with E-state index in [2.05, 4.69) is 31.9 Å². The first-order valence-electron chi connectivity index (χ1n) is 2.88. The van der Waals surface area contributed by atoms with Crippen molar-refractivity contribution in [2.75, 3.05) is 14.1 Å². The highest BCUT2D eigenvalue weighted by Crippen LogP contribution is 2.21. The normalized spacial score (nSPS) is 10.8. The van der Waals surface area contributed by atoms with E-state index in [1.165, 1.54) is 19.0 Å². The Morgan fingerprint density at radius 2 is 1.83 bits per heavy atom. The van der Waals surface area contributed by atoms with Gasteiger partial charge in [0.25, 0.3) is 9.33 Å². The number of nitrogens with zero attached hydrogens (tertiary/aromatic N) is 1. The summed E-state index contributed by atoms with van der Waals surface area (Å²) in [6.45, 7) is 0. The van der Waals surface area contributed by atoms with Gasteiger partial charge in [-0.25, -0.2) is 4.79 Å². The molecule has 7 heteroatoms. The molecule has 0 aliphatic rings. The fraction of sp³-hybridized carbons (Fsp3) is 0.600. The second kappa shape index (κ2) is 4.20. The third-order valence-corrected chi connectivity index (χ3v) is 1.62. The SMILES string of the molecule is CN(C)C(=O)NC(=O)C(O)(Br)Br. The van der Waals surface area contributed by atoms with Crippen LogP contribution in [-0.4, -0.2) is 39.5 Å². The number of carbonyl (C=O) groups is 2. The number of alkyl halides is 2. The fourth-order valence-electron chi connectivity index (χ4n) is 0.284. The van der Waals surface area contributed by atoms with E-state index in [1.807, 2.05) is 5.32 Å². The zero-order valence-electron chi connectivity index (χ0n) is 6.47. The maximum Gasteiger partial charge on any atom is 0.323 e. The molecule has 12 heavy (non-hydrogen) atoms. The van der Waals surface area contributed by atoms with Crippen LogP contribution in [0.5, 0.6) is 0 Å². The molecule has 0 bridgehead atoms. The summed E-state index contributed by atoms with van der Waals surface area (Å²) in [4.78, 5) is 22.9. The molecule has 3 amide bonds. The molecular formula is C5H8Br2N2O3. The average molecular weight is 304 g/mol. The lowest BCUT2D eigenvalue weighted by Gasteiger charge is -2.15. The van der Waals surface area contributed by atoms with Crippen molar-refractivity contribution >= 4 is 43.8 Å². The van der Waals surface area contributed by atoms with E-state index in [0.717, 1.165) is 0 Å². The molecule has 0 radical (unpaired) electrons. The first-order chi connectivity index (χ1) is 5.25. The molecule has 0 aliphatic heterocycles. The fourth-order valence-corrected chi connectivity index (χ4v) is 0.482. The molecule has 0 aromatic heterocycles. The largest absolute Gasteiger partial charge is 0.362 e. The number of amides is 3. The lowest BCUT2D eigenvalue weighted by molar-refractivity contribution is -0.125. The second-order valence-corrected chi connectivity index (χ2v) is 5.55. The molecule has 0 rings (SSSR count). The molecule has 0 aliphatic carbocycles. The van der Waals surface area contributed by atoms with Crippen molar-refractivity contribution in [1.29, 1.82) is 0 Å². The van der Waals surface area contributed by atoms with Gasteiger partial charge in [-0.3, -0.25) is 10.1 Å². The summed E-state index contributed by atoms with van der Waals surface area (Å²) >= 11 is 5.22. The van der Waals surface area contributed by atoms with Crippen molar-refractivity contribution in [1.82, 2.24) is 10.2 Å². The van der Waals surface area contributed by atoms with Gasteiger partial charge in [0.1, 0.15) is 0 Å². The van der Waals surface area contributed by atoms with Crippen molar-refractivity contribution in [2.45, 2.75) is 3.42 Å². The Balaban J connectivity index is 4.12. The molecule has 0 aromatic carbocycles. The standard InChI is InChI=1S/C5H8Br2N2O3/c1-9(2)4(11)8-3(10)5(6,7)12/h12H,1-2H3,(H,8,10,11). The molecule has 0 spiro atoms. The number of carbonyl (C=O) groups excluding carboxylic acids is 2. The molecule has 2 N–H and O–H groups in total. The van der Waals surface area contributed by atoms with E-state index < -0.39 is 15.4 Å². The molecule has 70 valence electrons. The van der Waals surface area contributed by atoms with Crippen LogP contribution < -0.4 is 5.32 Å². The highest BCUT2D eigenvalue weighted by Gasteiger charge is 2.30. The quantitative estimate of drug-likeness (QED) is 0.681. The van der Waals surface area contributed by atoms with Gasteiger partial charge in [-0.1, -0.05) is 0 Å². The first kappa shape index (κ1) is 11.9. The summed E-state index contributed by atoms with van der Waals surface area (Å²) < 4.78 is -1.90. The van der Waals surface area contributed by atoms with Crippen LogP contribution in [0.1, 0.15) is 0 Å². The minimum atomic E-state index is -1.90. The van der Waals surface area contributed by atoms with Gasteiger partial charge in [-0.15, -0.1) is 0 Å². The monoisotopic (exact) mass is 302 g/mol. The lowest BCUT2D eigenvalue weighted by Crippen LogP contribution is -2.45. The summed E-state index contributed by atoms with van der Waals surface area (Å²) in [7, 11) is 2.95. The predicted octanol–water partition coefficient (Wildman–Crippen LogP) is 0.220. The van der Waals surface area contributed by atoms with Gasteiger partial charge in [0.15, 0.2) is 0 Å². The van der Waals surface area contributed by atoms with Crippen LogP contribution in [-0.2, 0) is 4.79 Å². The highest BCUT2D eigenvalue weighted by atomic mass is 79.9. The minimum Gasteiger partial charge on any atom is -0.362 e. The average Bonchev–Trinajstić information content (AvgIpc) is 1.85. The van der Waals surface area contributed by atoms with E-state index in [0.29, 0.717) is 0 Å². The predicted molar refractivity (Wildman–Crippen MR) is 50.0 cm³/mol. The van der Waals surface area contributed by atoms with E-state index >= 15 is 0 Å². The van der Waals surface area contributed by atoms with Gasteiger partial charge in [0, 0.05) is 14.1 Å². The van der Waals surface area contributed by atoms with E-state index in [-0.39, 0.29) is 0 Å². The summed E-state index contributed by atoms with van der Waals surface area (Å²) in [5, 5.41) is 10.9. The molecule has 5 nitrogen and oxygen atoms in total. The van der Waals surface area contributed by atoms with Crippen molar-refractivity contribution in [3.63, 3.8) is 0 Å². The smallest absolute Gasteiger partial charge is 0.323 e. The van der Waals surface area contributed by atoms with Crippen LogP contribution in [0.4, 0.5) is 4.79 Å². The Bertz CT molecular complexity index is 199. The van der Waals surface area contributed by atoms with Crippen molar-refractivity contribution in [2.24, 2.45) is 0 Å². The Morgan fingerprint density at radius 1 is 1.42 bits per heavy atom. The first-order valence-corrected chi connectivity index (χ1v) is 4.46. The number of aliphatic hydroxyl groups is 1. The van der Waals surface area contributed by atoms with Gasteiger partial charge >= 0.3 is 6.03 Å². The highest BCUT2D eigenvalue weighted by molar-refractivity contribution is 9.25. The summed E-state index contributed by atoms with van der Waals surface area (Å²) in [5.74, 6) is -0.874. The van der Waals surface area contributed by atoms with Crippen LogP contribution in [0.2, 0.25) is 0 Å². The minimum absolute atomic E-state index is 0.600. The van der Waals surface area contributed by atoms with Crippen LogP contribution in [0, 0.1) is 0 Å². The molecular weight excluding hydrogens is 296 g/mol. The molecule has 0 fully saturated rings. The molecule has 0 saturated carbocycles. The Hall–Kier alpha value is -0.140. The number of rotatable bonds is 1. The number of hydrogen-bond donors (Lipinski definition) is 2. The third-order valence-electron chi connectivity index (χ3n) is 0.900. The summed E-state index contributed by atoms with van der Waals surface area (Å²) in [5.41, 5.74) is 0. The van der Waals surface area contributed by atoms with Crippen molar-refractivity contribution < 1.29 is 14.7 Å². The summed E-state index contributed by atoms with van der Waals surface area (Å²) in [6.07, 6.45) is 0. The maximum atomic E-state index is 10.9. The van der Waals surface area contributed by atoms with Gasteiger partial charge in [-0.05, 0) is 31.9 Å². The van der Waals surface area contributed by atoms with Gasteiger partial charge in [-0.2, -0.15) is 0 Å². The number of hydrogen-bond acceptors (Lipinski definition) is 3. The Kier molecular flexibility index (Phi) is 4.15. The third kappa shape index (κ3) is 4.03. The van der Waals surface area contributed by atoms with Crippen LogP contribution in [0.15, 0.2) is 0 Å². The van der Waals surface area contributed by atoms with E-state index in [1.54, 1.807) is 0 Å². The number of imide groups is 1. The van der Waals surface area contributed by atoms with Crippen LogP contribution >= 0.6 is 31.9 Å². The molecule has 0 heterocycles. The van der Waals surface area contributed by atoms with Gasteiger partial charge < -0.3 is 10.0 Å². The lowest BCUT2D eigenvalue weighted by atomic mass is 10.6.